The minimum absolute atomic E-state index is 0. The van der Waals surface area contributed by atoms with Crippen LogP contribution in [0.15, 0.2) is 23.2 Å². The van der Waals surface area contributed by atoms with Crippen molar-refractivity contribution in [3.63, 3.8) is 0 Å². The molecule has 0 aromatic heterocycles. The molecule has 0 aliphatic carbocycles. The van der Waals surface area contributed by atoms with Crippen molar-refractivity contribution in [2.75, 3.05) is 40.9 Å². The Morgan fingerprint density at radius 1 is 1.11 bits per heavy atom. The van der Waals surface area contributed by atoms with Crippen LogP contribution in [0.2, 0.25) is 0 Å². The molecule has 1 aliphatic heterocycles. The van der Waals surface area contributed by atoms with Gasteiger partial charge in [-0.3, -0.25) is 9.89 Å². The Balaban J connectivity index is 0.00000364. The van der Waals surface area contributed by atoms with Gasteiger partial charge in [0.05, 0.1) is 14.2 Å². The van der Waals surface area contributed by atoms with Crippen molar-refractivity contribution in [3.05, 3.63) is 23.8 Å². The third-order valence-electron chi connectivity index (χ3n) is 4.99. The van der Waals surface area contributed by atoms with E-state index < -0.39 is 0 Å². The van der Waals surface area contributed by atoms with E-state index in [1.54, 1.807) is 14.2 Å². The Bertz CT molecular complexity index is 589. The second-order valence-electron chi connectivity index (χ2n) is 7.05. The topological polar surface area (TPSA) is 58.1 Å². The molecule has 0 bridgehead atoms. The zero-order valence-corrected chi connectivity index (χ0v) is 19.6. The highest BCUT2D eigenvalue weighted by molar-refractivity contribution is 14.0. The van der Waals surface area contributed by atoms with Crippen molar-refractivity contribution in [2.45, 2.75) is 39.3 Å². The first-order valence-electron chi connectivity index (χ1n) is 9.48. The number of likely N-dealkylation sites (tertiary alicyclic amines) is 1. The van der Waals surface area contributed by atoms with E-state index in [0.29, 0.717) is 18.5 Å². The Labute approximate surface area is 181 Å². The number of benzene rings is 1. The summed E-state index contributed by atoms with van der Waals surface area (Å²) >= 11 is 0. The molecular formula is C20H35IN4O2. The summed E-state index contributed by atoms with van der Waals surface area (Å²) in [6.07, 6.45) is 2.63. The van der Waals surface area contributed by atoms with Crippen molar-refractivity contribution in [1.82, 2.24) is 15.5 Å². The molecule has 1 unspecified atom stereocenters. The molecule has 1 aliphatic rings. The quantitative estimate of drug-likeness (QED) is 0.333. The largest absolute Gasteiger partial charge is 0.493 e. The van der Waals surface area contributed by atoms with E-state index >= 15 is 0 Å². The fourth-order valence-corrected chi connectivity index (χ4v) is 3.46. The first-order chi connectivity index (χ1) is 12.6. The van der Waals surface area contributed by atoms with Crippen LogP contribution < -0.4 is 20.1 Å². The summed E-state index contributed by atoms with van der Waals surface area (Å²) in [4.78, 5) is 6.95. The van der Waals surface area contributed by atoms with Crippen LogP contribution >= 0.6 is 24.0 Å². The molecular weight excluding hydrogens is 455 g/mol. The van der Waals surface area contributed by atoms with Gasteiger partial charge < -0.3 is 20.1 Å². The number of guanidine groups is 1. The van der Waals surface area contributed by atoms with Gasteiger partial charge in [-0.15, -0.1) is 24.0 Å². The van der Waals surface area contributed by atoms with Crippen molar-refractivity contribution >= 4 is 29.9 Å². The maximum absolute atomic E-state index is 5.37. The van der Waals surface area contributed by atoms with Gasteiger partial charge in [0.2, 0.25) is 0 Å². The van der Waals surface area contributed by atoms with Gasteiger partial charge in [0, 0.05) is 26.2 Å². The summed E-state index contributed by atoms with van der Waals surface area (Å²) in [6, 6.07) is 6.48. The van der Waals surface area contributed by atoms with E-state index in [9.17, 15) is 0 Å². The fourth-order valence-electron chi connectivity index (χ4n) is 3.46. The highest BCUT2D eigenvalue weighted by Gasteiger charge is 2.24. The highest BCUT2D eigenvalue weighted by atomic mass is 127. The Kier molecular flexibility index (Phi) is 10.8. The van der Waals surface area contributed by atoms with Gasteiger partial charge >= 0.3 is 0 Å². The Morgan fingerprint density at radius 3 is 2.33 bits per heavy atom. The number of nitrogens with one attached hydrogen (secondary N) is 2. The summed E-state index contributed by atoms with van der Waals surface area (Å²) < 4.78 is 10.7. The predicted molar refractivity (Wildman–Crippen MR) is 123 cm³/mol. The predicted octanol–water partition coefficient (Wildman–Crippen LogP) is 3.11. The molecule has 0 amide bonds. The third-order valence-corrected chi connectivity index (χ3v) is 4.99. The molecule has 1 aromatic carbocycles. The van der Waals surface area contributed by atoms with E-state index in [0.717, 1.165) is 29.6 Å². The number of methoxy groups -OCH3 is 2. The molecule has 2 rings (SSSR count). The maximum atomic E-state index is 5.37. The van der Waals surface area contributed by atoms with E-state index in [-0.39, 0.29) is 24.0 Å². The third kappa shape index (κ3) is 7.03. The number of hydrogen-bond acceptors (Lipinski definition) is 4. The minimum atomic E-state index is 0. The van der Waals surface area contributed by atoms with E-state index in [4.69, 9.17) is 9.47 Å². The highest BCUT2D eigenvalue weighted by Crippen LogP contribution is 2.27. The monoisotopic (exact) mass is 490 g/mol. The standard InChI is InChI=1S/C20H34N4O2.HI/c1-15(2)17(24-10-6-7-11-24)14-23-20(21-3)22-13-16-8-9-18(25-4)19(12-16)26-5;/h8-9,12,15,17H,6-7,10-11,13-14H2,1-5H3,(H2,21,22,23);1H. The zero-order valence-electron chi connectivity index (χ0n) is 17.2. The van der Waals surface area contributed by atoms with Crippen molar-refractivity contribution in [1.29, 1.82) is 0 Å². The summed E-state index contributed by atoms with van der Waals surface area (Å²) in [6.45, 7) is 8.60. The van der Waals surface area contributed by atoms with Crippen molar-refractivity contribution < 1.29 is 9.47 Å². The van der Waals surface area contributed by atoms with Gasteiger partial charge in [0.1, 0.15) is 0 Å². The summed E-state index contributed by atoms with van der Waals surface area (Å²) in [5.41, 5.74) is 1.12. The average Bonchev–Trinajstić information content (AvgIpc) is 3.18. The van der Waals surface area contributed by atoms with Crippen LogP contribution in [0.3, 0.4) is 0 Å². The van der Waals surface area contributed by atoms with E-state index in [1.807, 2.05) is 25.2 Å². The van der Waals surface area contributed by atoms with Crippen LogP contribution in [0.5, 0.6) is 11.5 Å². The average molecular weight is 490 g/mol. The second kappa shape index (κ2) is 12.3. The summed E-state index contributed by atoms with van der Waals surface area (Å²) in [7, 11) is 5.11. The summed E-state index contributed by atoms with van der Waals surface area (Å²) in [5.74, 6) is 2.92. The van der Waals surface area contributed by atoms with Crippen LogP contribution in [-0.2, 0) is 6.54 Å². The molecule has 1 atom stereocenters. The lowest BCUT2D eigenvalue weighted by atomic mass is 10.0. The lowest BCUT2D eigenvalue weighted by Gasteiger charge is -2.31. The molecule has 27 heavy (non-hydrogen) atoms. The van der Waals surface area contributed by atoms with Crippen LogP contribution in [0.25, 0.3) is 0 Å². The van der Waals surface area contributed by atoms with Crippen molar-refractivity contribution in [3.8, 4) is 11.5 Å². The maximum Gasteiger partial charge on any atom is 0.191 e. The number of nitrogens with zero attached hydrogens (tertiary/aromatic N) is 2. The van der Waals surface area contributed by atoms with Crippen LogP contribution in [0, 0.1) is 5.92 Å². The molecule has 0 spiro atoms. The second-order valence-corrected chi connectivity index (χ2v) is 7.05. The first-order valence-corrected chi connectivity index (χ1v) is 9.48. The molecule has 6 nitrogen and oxygen atoms in total. The van der Waals surface area contributed by atoms with Gasteiger partial charge in [-0.1, -0.05) is 19.9 Å². The van der Waals surface area contributed by atoms with Crippen LogP contribution in [0.4, 0.5) is 0 Å². The van der Waals surface area contributed by atoms with Crippen LogP contribution in [0.1, 0.15) is 32.3 Å². The molecule has 1 heterocycles. The Morgan fingerprint density at radius 2 is 1.78 bits per heavy atom. The number of halogens is 1. The normalized spacial score (nSPS) is 16.0. The SMILES string of the molecule is CN=C(NCc1ccc(OC)c(OC)c1)NCC(C(C)C)N1CCCC1.I. The molecule has 1 aromatic rings. The van der Waals surface area contributed by atoms with Gasteiger partial charge in [-0.25, -0.2) is 0 Å². The molecule has 0 saturated carbocycles. The number of rotatable bonds is 8. The minimum Gasteiger partial charge on any atom is -0.493 e. The van der Waals surface area contributed by atoms with Gasteiger partial charge in [-0.2, -0.15) is 0 Å². The number of aliphatic imine (C=N–C) groups is 1. The number of hydrogen-bond donors (Lipinski definition) is 2. The molecule has 1 saturated heterocycles. The zero-order chi connectivity index (χ0) is 18.9. The number of ether oxygens (including phenoxy) is 2. The lowest BCUT2D eigenvalue weighted by Crippen LogP contribution is -2.48. The van der Waals surface area contributed by atoms with Crippen LogP contribution in [-0.4, -0.2) is 57.8 Å². The van der Waals surface area contributed by atoms with Gasteiger partial charge in [0.25, 0.3) is 0 Å². The van der Waals surface area contributed by atoms with Gasteiger partial charge in [0.15, 0.2) is 17.5 Å². The van der Waals surface area contributed by atoms with E-state index in [2.05, 4.69) is 34.4 Å². The summed E-state index contributed by atoms with van der Waals surface area (Å²) in [5, 5.41) is 6.87. The fraction of sp³-hybridized carbons (Fsp3) is 0.650. The molecule has 154 valence electrons. The molecule has 1 fully saturated rings. The first kappa shape index (κ1) is 23.8. The smallest absolute Gasteiger partial charge is 0.191 e. The Hall–Kier alpha value is -1.22. The molecule has 7 heteroatoms. The van der Waals surface area contributed by atoms with E-state index in [1.165, 1.54) is 25.9 Å². The van der Waals surface area contributed by atoms with Crippen molar-refractivity contribution in [2.24, 2.45) is 10.9 Å². The lowest BCUT2D eigenvalue weighted by molar-refractivity contribution is 0.192. The molecule has 0 radical (unpaired) electrons. The van der Waals surface area contributed by atoms with Gasteiger partial charge in [-0.05, 0) is 49.5 Å². The molecule has 2 N–H and O–H groups in total.